The molecule has 0 fully saturated rings. The van der Waals surface area contributed by atoms with Gasteiger partial charge in [0.25, 0.3) is 5.91 Å². The summed E-state index contributed by atoms with van der Waals surface area (Å²) in [5, 5.41) is 2.69. The molecule has 4 aromatic rings. The first-order valence-electron chi connectivity index (χ1n) is 13.9. The van der Waals surface area contributed by atoms with Gasteiger partial charge in [0.1, 0.15) is 18.1 Å². The van der Waals surface area contributed by atoms with Crippen molar-refractivity contribution in [1.29, 1.82) is 0 Å². The zero-order valence-corrected chi connectivity index (χ0v) is 24.7. The van der Waals surface area contributed by atoms with Gasteiger partial charge in [-0.1, -0.05) is 30.3 Å². The van der Waals surface area contributed by atoms with Crippen molar-refractivity contribution in [2.75, 3.05) is 19.8 Å². The number of aromatic amines is 1. The van der Waals surface area contributed by atoms with Crippen LogP contribution in [-0.2, 0) is 27.5 Å². The molecule has 11 nitrogen and oxygen atoms in total. The van der Waals surface area contributed by atoms with E-state index in [4.69, 9.17) is 14.0 Å². The lowest BCUT2D eigenvalue weighted by Crippen LogP contribution is -2.29. The van der Waals surface area contributed by atoms with Gasteiger partial charge in [0.2, 0.25) is 0 Å². The van der Waals surface area contributed by atoms with Crippen molar-refractivity contribution in [2.24, 2.45) is 0 Å². The van der Waals surface area contributed by atoms with E-state index >= 15 is 0 Å². The number of ether oxygens (including phenoxy) is 3. The monoisotopic (exact) mass is 589 g/mol. The van der Waals surface area contributed by atoms with Crippen LogP contribution < -0.4 is 26.2 Å². The number of benzene rings is 3. The second kappa shape index (κ2) is 14.2. The molecule has 11 heteroatoms. The Morgan fingerprint density at radius 2 is 1.67 bits per heavy atom. The Bertz CT molecular complexity index is 1680. The van der Waals surface area contributed by atoms with Crippen LogP contribution in [0.15, 0.2) is 68.7 Å². The van der Waals surface area contributed by atoms with E-state index in [0.717, 1.165) is 49.4 Å². The summed E-state index contributed by atoms with van der Waals surface area (Å²) in [6, 6.07) is 17.4. The van der Waals surface area contributed by atoms with Crippen LogP contribution in [0, 0.1) is 20.8 Å². The predicted octanol–water partition coefficient (Wildman–Crippen LogP) is 3.80. The summed E-state index contributed by atoms with van der Waals surface area (Å²) >= 11 is 0. The van der Waals surface area contributed by atoms with Crippen LogP contribution in [0.1, 0.15) is 41.2 Å². The first-order chi connectivity index (χ1) is 20.6. The Morgan fingerprint density at radius 3 is 2.33 bits per heavy atom. The molecule has 0 aliphatic carbocycles. The Balaban J connectivity index is 1.34. The molecule has 1 heterocycles. The minimum Gasteiger partial charge on any atom is -0.494 e. The first kappa shape index (κ1) is 30.9. The number of H-pyrrole nitrogens is 1. The summed E-state index contributed by atoms with van der Waals surface area (Å²) < 4.78 is 22.4. The summed E-state index contributed by atoms with van der Waals surface area (Å²) in [5.74, 6) is -0.184. The molecule has 3 aromatic carbocycles. The second-order valence-electron chi connectivity index (χ2n) is 10.1. The highest BCUT2D eigenvalue weighted by atomic mass is 16.5. The van der Waals surface area contributed by atoms with Gasteiger partial charge in [-0.05, 0) is 90.4 Å². The molecule has 0 unspecified atom stereocenters. The summed E-state index contributed by atoms with van der Waals surface area (Å²) in [4.78, 5) is 47.3. The highest BCUT2D eigenvalue weighted by Crippen LogP contribution is 2.34. The number of hydrogen-bond donors (Lipinski definition) is 2. The van der Waals surface area contributed by atoms with Gasteiger partial charge in [-0.15, -0.1) is 4.74 Å². The van der Waals surface area contributed by atoms with E-state index in [1.807, 2.05) is 48.5 Å². The van der Waals surface area contributed by atoms with Crippen LogP contribution in [0.25, 0.3) is 11.1 Å². The van der Waals surface area contributed by atoms with Gasteiger partial charge in [0.05, 0.1) is 13.2 Å². The van der Waals surface area contributed by atoms with Crippen LogP contribution in [0.3, 0.4) is 0 Å². The maximum Gasteiger partial charge on any atom is 0.440 e. The smallest absolute Gasteiger partial charge is 0.440 e. The lowest BCUT2D eigenvalue weighted by Gasteiger charge is -2.18. The van der Waals surface area contributed by atoms with E-state index in [9.17, 15) is 19.2 Å². The molecule has 4 rings (SSSR count). The molecule has 0 saturated heterocycles. The minimum absolute atomic E-state index is 0.138. The van der Waals surface area contributed by atoms with Crippen LogP contribution in [-0.4, -0.2) is 41.4 Å². The Morgan fingerprint density at radius 1 is 0.953 bits per heavy atom. The molecule has 1 amide bonds. The summed E-state index contributed by atoms with van der Waals surface area (Å²) in [6.45, 7) is 8.54. The zero-order chi connectivity index (χ0) is 30.9. The van der Waals surface area contributed by atoms with Gasteiger partial charge in [-0.2, -0.15) is 0 Å². The van der Waals surface area contributed by atoms with Crippen molar-refractivity contribution in [1.82, 2.24) is 15.0 Å². The highest BCUT2D eigenvalue weighted by molar-refractivity contribution is 5.79. The molecular formula is C32H35N3O8. The van der Waals surface area contributed by atoms with Crippen molar-refractivity contribution >= 4 is 11.9 Å². The standard InChI is InChI=1S/C32H35N3O8/c1-20-15-27(40-14-6-13-33-29(37)19-41-23(4)36)16-21(2)30(20)28-8-5-7-25(22(28)3)18-42-26-11-9-24(10-12-26)17-35-31(38)34-32(39)43-35/h5,7-12,15-16H,6,13-14,17-19H2,1-4H3,(H,33,37)(H,34,38,39). The van der Waals surface area contributed by atoms with E-state index in [1.54, 1.807) is 0 Å². The molecular weight excluding hydrogens is 554 g/mol. The van der Waals surface area contributed by atoms with E-state index in [1.165, 1.54) is 6.92 Å². The maximum absolute atomic E-state index is 11.7. The molecule has 0 aliphatic heterocycles. The molecule has 0 spiro atoms. The number of nitrogens with one attached hydrogen (secondary N) is 2. The first-order valence-corrected chi connectivity index (χ1v) is 13.9. The molecule has 0 bridgehead atoms. The Labute approximate surface area is 248 Å². The van der Waals surface area contributed by atoms with Gasteiger partial charge >= 0.3 is 17.4 Å². The molecule has 0 aliphatic rings. The lowest BCUT2D eigenvalue weighted by molar-refractivity contribution is -0.146. The Hall–Kier alpha value is -5.06. The molecule has 0 atom stereocenters. The molecule has 0 radical (unpaired) electrons. The molecule has 226 valence electrons. The van der Waals surface area contributed by atoms with Crippen molar-refractivity contribution < 1.29 is 28.3 Å². The third-order valence-corrected chi connectivity index (χ3v) is 6.81. The lowest BCUT2D eigenvalue weighted by atomic mass is 9.90. The number of amides is 1. The third kappa shape index (κ3) is 8.48. The maximum atomic E-state index is 11.7. The average molecular weight is 590 g/mol. The summed E-state index contributed by atoms with van der Waals surface area (Å²) in [6.07, 6.45) is 0.612. The average Bonchev–Trinajstić information content (AvgIpc) is 3.28. The number of aryl methyl sites for hydroxylation is 2. The predicted molar refractivity (Wildman–Crippen MR) is 159 cm³/mol. The fourth-order valence-electron chi connectivity index (χ4n) is 4.69. The topological polar surface area (TPSA) is 142 Å². The number of nitrogens with zero attached hydrogens (tertiary/aromatic N) is 1. The number of carbonyl (C=O) groups is 2. The molecule has 43 heavy (non-hydrogen) atoms. The summed E-state index contributed by atoms with van der Waals surface area (Å²) in [7, 11) is 0. The number of aromatic nitrogens is 2. The SMILES string of the molecule is CC(=O)OCC(=O)NCCCOc1cc(C)c(-c2cccc(COc3ccc(Cn4oc(=O)[nH]c4=O)cc3)c2C)c(C)c1. The normalized spacial score (nSPS) is 10.8. The Kier molecular flexibility index (Phi) is 10.2. The third-order valence-electron chi connectivity index (χ3n) is 6.81. The number of rotatable bonds is 13. The van der Waals surface area contributed by atoms with Crippen molar-refractivity contribution in [3.8, 4) is 22.6 Å². The fourth-order valence-corrected chi connectivity index (χ4v) is 4.69. The fraction of sp³-hybridized carbons (Fsp3) is 0.312. The number of esters is 1. The number of carbonyl (C=O) groups excluding carboxylic acids is 2. The summed E-state index contributed by atoms with van der Waals surface area (Å²) in [5.41, 5.74) is 6.79. The molecule has 1 aromatic heterocycles. The van der Waals surface area contributed by atoms with Gasteiger partial charge in [-0.3, -0.25) is 9.59 Å². The van der Waals surface area contributed by atoms with E-state index in [0.29, 0.717) is 31.9 Å². The van der Waals surface area contributed by atoms with Crippen molar-refractivity contribution in [3.63, 3.8) is 0 Å². The van der Waals surface area contributed by atoms with E-state index in [-0.39, 0.29) is 19.1 Å². The van der Waals surface area contributed by atoms with Crippen LogP contribution in [0.2, 0.25) is 0 Å². The number of hydrogen-bond acceptors (Lipinski definition) is 8. The minimum atomic E-state index is -0.785. The second-order valence-corrected chi connectivity index (χ2v) is 10.1. The van der Waals surface area contributed by atoms with E-state index < -0.39 is 17.4 Å². The zero-order valence-electron chi connectivity index (χ0n) is 24.7. The van der Waals surface area contributed by atoms with Crippen molar-refractivity contribution in [2.45, 2.75) is 47.3 Å². The molecule has 2 N–H and O–H groups in total. The highest BCUT2D eigenvalue weighted by Gasteiger charge is 2.14. The molecule has 0 saturated carbocycles. The van der Waals surface area contributed by atoms with Gasteiger partial charge in [-0.25, -0.2) is 14.6 Å². The van der Waals surface area contributed by atoms with Crippen molar-refractivity contribution in [3.05, 3.63) is 103 Å². The van der Waals surface area contributed by atoms with Crippen LogP contribution in [0.4, 0.5) is 0 Å². The van der Waals surface area contributed by atoms with Crippen LogP contribution in [0.5, 0.6) is 11.5 Å². The largest absolute Gasteiger partial charge is 0.494 e. The van der Waals surface area contributed by atoms with Gasteiger partial charge < -0.3 is 24.1 Å². The quantitative estimate of drug-likeness (QED) is 0.177. The van der Waals surface area contributed by atoms with Crippen LogP contribution >= 0.6 is 0 Å². The van der Waals surface area contributed by atoms with Gasteiger partial charge in [0, 0.05) is 13.5 Å². The van der Waals surface area contributed by atoms with Gasteiger partial charge in [0.15, 0.2) is 6.61 Å². The van der Waals surface area contributed by atoms with E-state index in [2.05, 4.69) is 41.9 Å².